The summed E-state index contributed by atoms with van der Waals surface area (Å²) < 4.78 is 11.0. The number of anilines is 1. The van der Waals surface area contributed by atoms with Gasteiger partial charge in [0.25, 0.3) is 0 Å². The van der Waals surface area contributed by atoms with Crippen molar-refractivity contribution >= 4 is 5.69 Å². The predicted octanol–water partition coefficient (Wildman–Crippen LogP) is 1.83. The summed E-state index contributed by atoms with van der Waals surface area (Å²) in [7, 11) is 0. The smallest absolute Gasteiger partial charge is 0.121 e. The average Bonchev–Trinajstić information content (AvgIpc) is 2.67. The van der Waals surface area contributed by atoms with Crippen molar-refractivity contribution in [2.45, 2.75) is 18.9 Å². The number of hydrogen-bond acceptors (Lipinski definition) is 3. The molecule has 1 fully saturated rings. The highest BCUT2D eigenvalue weighted by Gasteiger charge is 2.15. The van der Waals surface area contributed by atoms with Crippen molar-refractivity contribution in [2.24, 2.45) is 0 Å². The lowest BCUT2D eigenvalue weighted by Crippen LogP contribution is -2.16. The molecule has 0 aliphatic carbocycles. The SMILES string of the molecule is Nc1cccc(OC[C@H]2CCCO2)c1. The first kappa shape index (κ1) is 9.34. The fourth-order valence-corrected chi connectivity index (χ4v) is 1.57. The Kier molecular flexibility index (Phi) is 2.89. The third-order valence-electron chi connectivity index (χ3n) is 2.32. The van der Waals surface area contributed by atoms with Crippen LogP contribution in [0.4, 0.5) is 5.69 Å². The summed E-state index contributed by atoms with van der Waals surface area (Å²) in [6, 6.07) is 7.47. The first-order valence-electron chi connectivity index (χ1n) is 4.94. The minimum Gasteiger partial charge on any atom is -0.491 e. The molecule has 3 nitrogen and oxygen atoms in total. The average molecular weight is 193 g/mol. The van der Waals surface area contributed by atoms with Gasteiger partial charge in [0.15, 0.2) is 0 Å². The number of benzene rings is 1. The lowest BCUT2D eigenvalue weighted by atomic mass is 10.2. The van der Waals surface area contributed by atoms with Gasteiger partial charge in [0.2, 0.25) is 0 Å². The van der Waals surface area contributed by atoms with Crippen molar-refractivity contribution < 1.29 is 9.47 Å². The molecule has 0 aromatic heterocycles. The molecule has 1 aromatic rings. The summed E-state index contributed by atoms with van der Waals surface area (Å²) in [5.74, 6) is 0.820. The first-order valence-corrected chi connectivity index (χ1v) is 4.94. The van der Waals surface area contributed by atoms with Gasteiger partial charge in [-0.2, -0.15) is 0 Å². The Bertz CT molecular complexity index is 295. The molecule has 0 bridgehead atoms. The molecule has 0 amide bonds. The molecule has 0 radical (unpaired) electrons. The van der Waals surface area contributed by atoms with E-state index in [9.17, 15) is 0 Å². The van der Waals surface area contributed by atoms with E-state index >= 15 is 0 Å². The minimum atomic E-state index is 0.261. The van der Waals surface area contributed by atoms with E-state index in [0.29, 0.717) is 6.61 Å². The van der Waals surface area contributed by atoms with Crippen molar-refractivity contribution in [3.05, 3.63) is 24.3 Å². The van der Waals surface area contributed by atoms with E-state index < -0.39 is 0 Å². The van der Waals surface area contributed by atoms with Crippen LogP contribution in [0.3, 0.4) is 0 Å². The number of nitrogens with two attached hydrogens (primary N) is 1. The summed E-state index contributed by atoms with van der Waals surface area (Å²) in [5.41, 5.74) is 6.36. The highest BCUT2D eigenvalue weighted by molar-refractivity contribution is 5.43. The quantitative estimate of drug-likeness (QED) is 0.745. The molecule has 1 heterocycles. The zero-order valence-corrected chi connectivity index (χ0v) is 8.11. The second-order valence-corrected chi connectivity index (χ2v) is 3.52. The van der Waals surface area contributed by atoms with Crippen LogP contribution in [0.25, 0.3) is 0 Å². The predicted molar refractivity (Wildman–Crippen MR) is 55.3 cm³/mol. The van der Waals surface area contributed by atoms with Crippen LogP contribution in [0, 0.1) is 0 Å². The highest BCUT2D eigenvalue weighted by atomic mass is 16.5. The molecule has 1 atom stereocenters. The Morgan fingerprint density at radius 2 is 2.43 bits per heavy atom. The maximum atomic E-state index is 5.63. The van der Waals surface area contributed by atoms with Gasteiger partial charge in [0.05, 0.1) is 6.10 Å². The van der Waals surface area contributed by atoms with Gasteiger partial charge >= 0.3 is 0 Å². The van der Waals surface area contributed by atoms with E-state index in [1.54, 1.807) is 0 Å². The van der Waals surface area contributed by atoms with Crippen molar-refractivity contribution in [1.29, 1.82) is 0 Å². The Hall–Kier alpha value is -1.22. The van der Waals surface area contributed by atoms with Crippen LogP contribution in [0.15, 0.2) is 24.3 Å². The Labute approximate surface area is 83.8 Å². The van der Waals surface area contributed by atoms with E-state index in [1.807, 2.05) is 24.3 Å². The molecule has 1 aliphatic rings. The number of nitrogen functional groups attached to an aromatic ring is 1. The monoisotopic (exact) mass is 193 g/mol. The lowest BCUT2D eigenvalue weighted by Gasteiger charge is -2.11. The van der Waals surface area contributed by atoms with Crippen LogP contribution >= 0.6 is 0 Å². The van der Waals surface area contributed by atoms with Crippen molar-refractivity contribution in [3.8, 4) is 5.75 Å². The summed E-state index contributed by atoms with van der Waals surface area (Å²) in [4.78, 5) is 0. The van der Waals surface area contributed by atoms with E-state index in [-0.39, 0.29) is 6.10 Å². The second kappa shape index (κ2) is 4.33. The summed E-state index contributed by atoms with van der Waals surface area (Å²) in [6.07, 6.45) is 2.50. The third-order valence-corrected chi connectivity index (χ3v) is 2.32. The molecule has 0 saturated carbocycles. The van der Waals surface area contributed by atoms with Crippen molar-refractivity contribution in [3.63, 3.8) is 0 Å². The van der Waals surface area contributed by atoms with Gasteiger partial charge in [-0.05, 0) is 25.0 Å². The van der Waals surface area contributed by atoms with Crippen LogP contribution < -0.4 is 10.5 Å². The van der Waals surface area contributed by atoms with Crippen LogP contribution in [0.2, 0.25) is 0 Å². The van der Waals surface area contributed by atoms with Gasteiger partial charge in [-0.3, -0.25) is 0 Å². The van der Waals surface area contributed by atoms with Gasteiger partial charge in [-0.1, -0.05) is 6.07 Å². The molecule has 1 aliphatic heterocycles. The zero-order chi connectivity index (χ0) is 9.80. The van der Waals surface area contributed by atoms with E-state index in [0.717, 1.165) is 30.9 Å². The summed E-state index contributed by atoms with van der Waals surface area (Å²) >= 11 is 0. The van der Waals surface area contributed by atoms with E-state index in [4.69, 9.17) is 15.2 Å². The normalized spacial score (nSPS) is 21.0. The number of hydrogen-bond donors (Lipinski definition) is 1. The zero-order valence-electron chi connectivity index (χ0n) is 8.11. The third kappa shape index (κ3) is 2.39. The molecular weight excluding hydrogens is 178 g/mol. The molecule has 1 saturated heterocycles. The molecule has 0 spiro atoms. The van der Waals surface area contributed by atoms with Gasteiger partial charge in [-0.25, -0.2) is 0 Å². The topological polar surface area (TPSA) is 44.5 Å². The Morgan fingerprint density at radius 3 is 3.14 bits per heavy atom. The van der Waals surface area contributed by atoms with Crippen LogP contribution in [0.5, 0.6) is 5.75 Å². The Balaban J connectivity index is 1.85. The molecule has 2 rings (SSSR count). The van der Waals surface area contributed by atoms with Crippen molar-refractivity contribution in [1.82, 2.24) is 0 Å². The largest absolute Gasteiger partial charge is 0.491 e. The van der Waals surface area contributed by atoms with Crippen molar-refractivity contribution in [2.75, 3.05) is 18.9 Å². The van der Waals surface area contributed by atoms with Crippen LogP contribution in [-0.4, -0.2) is 19.3 Å². The molecule has 14 heavy (non-hydrogen) atoms. The number of rotatable bonds is 3. The number of ether oxygens (including phenoxy) is 2. The maximum Gasteiger partial charge on any atom is 0.121 e. The molecule has 3 heteroatoms. The van der Waals surface area contributed by atoms with Gasteiger partial charge in [-0.15, -0.1) is 0 Å². The molecule has 1 aromatic carbocycles. The summed E-state index contributed by atoms with van der Waals surface area (Å²) in [5, 5.41) is 0. The first-order chi connectivity index (χ1) is 6.84. The Morgan fingerprint density at radius 1 is 1.50 bits per heavy atom. The minimum absolute atomic E-state index is 0.261. The van der Waals surface area contributed by atoms with Crippen LogP contribution in [-0.2, 0) is 4.74 Å². The fourth-order valence-electron chi connectivity index (χ4n) is 1.57. The standard InChI is InChI=1S/C11H15NO2/c12-9-3-1-4-10(7-9)14-8-11-5-2-6-13-11/h1,3-4,7,11H,2,5-6,8,12H2/t11-/m1/s1. The fraction of sp³-hybridized carbons (Fsp3) is 0.455. The highest BCUT2D eigenvalue weighted by Crippen LogP contribution is 2.17. The maximum absolute atomic E-state index is 5.63. The van der Waals surface area contributed by atoms with Gasteiger partial charge in [0.1, 0.15) is 12.4 Å². The van der Waals surface area contributed by atoms with E-state index in [1.165, 1.54) is 0 Å². The second-order valence-electron chi connectivity index (χ2n) is 3.52. The molecule has 76 valence electrons. The summed E-state index contributed by atoms with van der Waals surface area (Å²) in [6.45, 7) is 1.49. The van der Waals surface area contributed by atoms with E-state index in [2.05, 4.69) is 0 Å². The molecular formula is C11H15NO2. The van der Waals surface area contributed by atoms with Gasteiger partial charge in [0, 0.05) is 18.4 Å². The van der Waals surface area contributed by atoms with Gasteiger partial charge < -0.3 is 15.2 Å². The molecule has 2 N–H and O–H groups in total. The van der Waals surface area contributed by atoms with Crippen LogP contribution in [0.1, 0.15) is 12.8 Å². The molecule has 0 unspecified atom stereocenters. The lowest BCUT2D eigenvalue weighted by molar-refractivity contribution is 0.0680.